The summed E-state index contributed by atoms with van der Waals surface area (Å²) in [6, 6.07) is 1.74. The Morgan fingerprint density at radius 3 is 2.75 bits per heavy atom. The Kier molecular flexibility index (Phi) is 4.91. The van der Waals surface area contributed by atoms with Gasteiger partial charge in [0.2, 0.25) is 5.95 Å². The molecule has 1 aromatic heterocycles. The highest BCUT2D eigenvalue weighted by Crippen LogP contribution is 2.43. The fourth-order valence-corrected chi connectivity index (χ4v) is 3.41. The van der Waals surface area contributed by atoms with Crippen LogP contribution in [0.1, 0.15) is 51.6 Å². The van der Waals surface area contributed by atoms with Gasteiger partial charge in [0, 0.05) is 12.7 Å². The molecule has 0 unspecified atom stereocenters. The van der Waals surface area contributed by atoms with Gasteiger partial charge < -0.3 is 11.1 Å². The van der Waals surface area contributed by atoms with E-state index in [0.717, 1.165) is 12.5 Å². The maximum absolute atomic E-state index is 5.61. The molecule has 5 heteroatoms. The van der Waals surface area contributed by atoms with Crippen LogP contribution in [0.15, 0.2) is 12.3 Å². The van der Waals surface area contributed by atoms with Crippen molar-refractivity contribution in [3.8, 4) is 0 Å². The molecule has 2 rings (SSSR count). The zero-order chi connectivity index (χ0) is 14.6. The van der Waals surface area contributed by atoms with Crippen LogP contribution in [0.25, 0.3) is 0 Å². The summed E-state index contributed by atoms with van der Waals surface area (Å²) in [6.07, 6.45) is 8.23. The number of nitrogens with zero attached hydrogens (tertiary/aromatic N) is 2. The SMILES string of the molecule is CC(C)CC1(CNc2nccc(C(N)=S)n2)CCCC1. The predicted molar refractivity (Wildman–Crippen MR) is 86.8 cm³/mol. The molecule has 1 aliphatic rings. The normalized spacial score (nSPS) is 17.4. The van der Waals surface area contributed by atoms with E-state index in [9.17, 15) is 0 Å². The second-order valence-electron chi connectivity index (χ2n) is 6.29. The van der Waals surface area contributed by atoms with Gasteiger partial charge in [0.25, 0.3) is 0 Å². The van der Waals surface area contributed by atoms with Crippen LogP contribution >= 0.6 is 12.2 Å². The molecule has 110 valence electrons. The van der Waals surface area contributed by atoms with E-state index in [0.29, 0.717) is 22.0 Å². The average Bonchev–Trinajstić information content (AvgIpc) is 2.85. The van der Waals surface area contributed by atoms with E-state index in [1.807, 2.05) is 0 Å². The molecule has 1 heterocycles. The van der Waals surface area contributed by atoms with Crippen LogP contribution in [-0.4, -0.2) is 21.5 Å². The van der Waals surface area contributed by atoms with Gasteiger partial charge in [-0.05, 0) is 36.7 Å². The summed E-state index contributed by atoms with van der Waals surface area (Å²) in [5, 5.41) is 3.39. The maximum Gasteiger partial charge on any atom is 0.223 e. The number of rotatable bonds is 6. The number of anilines is 1. The molecule has 1 saturated carbocycles. The Morgan fingerprint density at radius 1 is 1.45 bits per heavy atom. The van der Waals surface area contributed by atoms with Crippen molar-refractivity contribution in [1.29, 1.82) is 0 Å². The Labute approximate surface area is 126 Å². The zero-order valence-corrected chi connectivity index (χ0v) is 13.2. The minimum absolute atomic E-state index is 0.313. The minimum atomic E-state index is 0.313. The Morgan fingerprint density at radius 2 is 2.15 bits per heavy atom. The van der Waals surface area contributed by atoms with Crippen molar-refractivity contribution < 1.29 is 0 Å². The molecule has 0 amide bonds. The fourth-order valence-electron chi connectivity index (χ4n) is 3.29. The van der Waals surface area contributed by atoms with E-state index >= 15 is 0 Å². The second-order valence-corrected chi connectivity index (χ2v) is 6.73. The van der Waals surface area contributed by atoms with Crippen LogP contribution < -0.4 is 11.1 Å². The van der Waals surface area contributed by atoms with Crippen LogP contribution in [-0.2, 0) is 0 Å². The summed E-state index contributed by atoms with van der Waals surface area (Å²) in [5.41, 5.74) is 6.63. The van der Waals surface area contributed by atoms with E-state index in [1.165, 1.54) is 32.1 Å². The second kappa shape index (κ2) is 6.48. The number of hydrogen-bond acceptors (Lipinski definition) is 4. The van der Waals surface area contributed by atoms with E-state index in [-0.39, 0.29) is 0 Å². The average molecular weight is 292 g/mol. The van der Waals surface area contributed by atoms with Gasteiger partial charge in [-0.3, -0.25) is 0 Å². The summed E-state index contributed by atoms with van der Waals surface area (Å²) in [4.78, 5) is 8.92. The molecule has 1 fully saturated rings. The van der Waals surface area contributed by atoms with Crippen LogP contribution in [0.2, 0.25) is 0 Å². The molecule has 0 bridgehead atoms. The van der Waals surface area contributed by atoms with Crippen molar-refractivity contribution in [3.63, 3.8) is 0 Å². The third kappa shape index (κ3) is 3.88. The van der Waals surface area contributed by atoms with Gasteiger partial charge in [0.1, 0.15) is 10.7 Å². The summed E-state index contributed by atoms with van der Waals surface area (Å²) < 4.78 is 0. The summed E-state index contributed by atoms with van der Waals surface area (Å²) >= 11 is 4.95. The summed E-state index contributed by atoms with van der Waals surface area (Å²) in [5.74, 6) is 1.35. The molecule has 0 saturated heterocycles. The molecule has 0 aliphatic heterocycles. The van der Waals surface area contributed by atoms with E-state index < -0.39 is 0 Å². The quantitative estimate of drug-likeness (QED) is 0.789. The number of hydrogen-bond donors (Lipinski definition) is 2. The van der Waals surface area contributed by atoms with Crippen molar-refractivity contribution in [2.45, 2.75) is 46.0 Å². The third-order valence-corrected chi connectivity index (χ3v) is 4.24. The molecule has 4 nitrogen and oxygen atoms in total. The number of aromatic nitrogens is 2. The summed E-state index contributed by atoms with van der Waals surface area (Å²) in [7, 11) is 0. The van der Waals surface area contributed by atoms with Crippen molar-refractivity contribution in [2.75, 3.05) is 11.9 Å². The highest BCUT2D eigenvalue weighted by molar-refractivity contribution is 7.80. The van der Waals surface area contributed by atoms with Crippen LogP contribution in [0.4, 0.5) is 5.95 Å². The number of thiocarbonyl (C=S) groups is 1. The molecule has 0 radical (unpaired) electrons. The van der Waals surface area contributed by atoms with Crippen molar-refractivity contribution in [3.05, 3.63) is 18.0 Å². The largest absolute Gasteiger partial charge is 0.388 e. The standard InChI is InChI=1S/C15H24N4S/c1-11(2)9-15(6-3-4-7-15)10-18-14-17-8-5-12(19-14)13(16)20/h5,8,11H,3-4,6-7,9-10H2,1-2H3,(H2,16,20)(H,17,18,19). The Bertz CT molecular complexity index is 467. The Balaban J connectivity index is 2.02. The third-order valence-electron chi connectivity index (χ3n) is 4.04. The molecular formula is C15H24N4S. The number of nitrogens with two attached hydrogens (primary N) is 1. The lowest BCUT2D eigenvalue weighted by atomic mass is 9.78. The van der Waals surface area contributed by atoms with E-state index in [2.05, 4.69) is 29.1 Å². The smallest absolute Gasteiger partial charge is 0.223 e. The lowest BCUT2D eigenvalue weighted by molar-refractivity contribution is 0.252. The molecule has 0 spiro atoms. The molecule has 1 aromatic rings. The van der Waals surface area contributed by atoms with Crippen LogP contribution in [0.3, 0.4) is 0 Å². The van der Waals surface area contributed by atoms with Gasteiger partial charge in [-0.15, -0.1) is 0 Å². The molecular weight excluding hydrogens is 268 g/mol. The van der Waals surface area contributed by atoms with Crippen LogP contribution in [0, 0.1) is 11.3 Å². The van der Waals surface area contributed by atoms with Gasteiger partial charge in [-0.2, -0.15) is 0 Å². The van der Waals surface area contributed by atoms with E-state index in [4.69, 9.17) is 18.0 Å². The lowest BCUT2D eigenvalue weighted by Crippen LogP contribution is -2.29. The van der Waals surface area contributed by atoms with Crippen LogP contribution in [0.5, 0.6) is 0 Å². The minimum Gasteiger partial charge on any atom is -0.388 e. The zero-order valence-electron chi connectivity index (χ0n) is 12.4. The molecule has 20 heavy (non-hydrogen) atoms. The first-order chi connectivity index (χ1) is 9.51. The molecule has 1 aliphatic carbocycles. The first-order valence-corrected chi connectivity index (χ1v) is 7.78. The molecule has 3 N–H and O–H groups in total. The molecule has 0 aromatic carbocycles. The topological polar surface area (TPSA) is 63.8 Å². The van der Waals surface area contributed by atoms with Crippen molar-refractivity contribution in [2.24, 2.45) is 17.1 Å². The van der Waals surface area contributed by atoms with E-state index in [1.54, 1.807) is 12.3 Å². The highest BCUT2D eigenvalue weighted by atomic mass is 32.1. The van der Waals surface area contributed by atoms with Gasteiger partial charge >= 0.3 is 0 Å². The number of nitrogens with one attached hydrogen (secondary N) is 1. The van der Waals surface area contributed by atoms with Gasteiger partial charge in [0.05, 0.1) is 0 Å². The van der Waals surface area contributed by atoms with Crippen molar-refractivity contribution >= 4 is 23.2 Å². The Hall–Kier alpha value is -1.23. The predicted octanol–water partition coefficient (Wildman–Crippen LogP) is 3.13. The van der Waals surface area contributed by atoms with Gasteiger partial charge in [-0.1, -0.05) is 38.9 Å². The fraction of sp³-hybridized carbons (Fsp3) is 0.667. The maximum atomic E-state index is 5.61. The van der Waals surface area contributed by atoms with Gasteiger partial charge in [-0.25, -0.2) is 9.97 Å². The van der Waals surface area contributed by atoms with Crippen molar-refractivity contribution in [1.82, 2.24) is 9.97 Å². The highest BCUT2D eigenvalue weighted by Gasteiger charge is 2.34. The molecule has 0 atom stereocenters. The first-order valence-electron chi connectivity index (χ1n) is 7.37. The lowest BCUT2D eigenvalue weighted by Gasteiger charge is -2.31. The van der Waals surface area contributed by atoms with Gasteiger partial charge in [0.15, 0.2) is 0 Å². The first kappa shape index (κ1) is 15.2. The summed E-state index contributed by atoms with van der Waals surface area (Å²) in [6.45, 7) is 5.53. The monoisotopic (exact) mass is 292 g/mol.